The minimum atomic E-state index is -3.96. The second kappa shape index (κ2) is 10.4. The fraction of sp³-hybridized carbons (Fsp3) is 0.273. The van der Waals surface area contributed by atoms with Crippen molar-refractivity contribution in [3.63, 3.8) is 0 Å². The molecule has 3 aromatic rings. The number of aliphatic hydroxyl groups is 1. The minimum absolute atomic E-state index is 0.0115. The molecule has 13 heteroatoms. The lowest BCUT2D eigenvalue weighted by atomic mass is 10.1. The van der Waals surface area contributed by atoms with Crippen molar-refractivity contribution in [1.29, 1.82) is 5.26 Å². The van der Waals surface area contributed by atoms with Crippen molar-refractivity contribution in [3.8, 4) is 11.9 Å². The first kappa shape index (κ1) is 25.5. The standard InChI is InChI=1S/C22H23N7O5S/c1-13-11-14(2)25-22(24-13)28-35(33,34)17-7-5-16(6-8-17)26-27-19-15(3)18(12-23)20(31)29(21(19)32)9-4-10-30/h5-8,11,30-31H,4,9-10H2,1-3H3,(H,24,25,28). The SMILES string of the molecule is Cc1cc(C)nc(NS(=O)(=O)c2ccc(N=Nc3c(C)c(C#N)c(O)n(CCCO)c3=O)cc2)n1. The third kappa shape index (κ3) is 5.68. The van der Waals surface area contributed by atoms with Crippen molar-refractivity contribution >= 4 is 27.3 Å². The Bertz CT molecular complexity index is 1470. The van der Waals surface area contributed by atoms with Crippen LogP contribution >= 0.6 is 0 Å². The van der Waals surface area contributed by atoms with Gasteiger partial charge in [-0.3, -0.25) is 9.36 Å². The van der Waals surface area contributed by atoms with E-state index in [0.29, 0.717) is 11.4 Å². The molecule has 0 amide bonds. The number of nitrogens with one attached hydrogen (secondary N) is 1. The van der Waals surface area contributed by atoms with Gasteiger partial charge in [0.2, 0.25) is 11.8 Å². The van der Waals surface area contributed by atoms with Crippen LogP contribution < -0.4 is 10.3 Å². The Balaban J connectivity index is 1.90. The molecule has 0 saturated heterocycles. The number of aromatic hydroxyl groups is 1. The number of aromatic nitrogens is 3. The zero-order valence-electron chi connectivity index (χ0n) is 19.2. The molecule has 3 N–H and O–H groups in total. The predicted octanol–water partition coefficient (Wildman–Crippen LogP) is 2.74. The van der Waals surface area contributed by atoms with Gasteiger partial charge in [-0.15, -0.1) is 5.11 Å². The fourth-order valence-corrected chi connectivity index (χ4v) is 4.19. The number of pyridine rings is 1. The molecule has 0 fully saturated rings. The number of aliphatic hydroxyl groups excluding tert-OH is 1. The Labute approximate surface area is 201 Å². The topological polar surface area (TPSA) is 183 Å². The lowest BCUT2D eigenvalue weighted by Crippen LogP contribution is -2.22. The lowest BCUT2D eigenvalue weighted by molar-refractivity contribution is 0.274. The Morgan fingerprint density at radius 2 is 1.74 bits per heavy atom. The number of nitrogens with zero attached hydrogens (tertiary/aromatic N) is 6. The molecular weight excluding hydrogens is 474 g/mol. The van der Waals surface area contributed by atoms with Crippen LogP contribution in [0.15, 0.2) is 50.3 Å². The van der Waals surface area contributed by atoms with E-state index >= 15 is 0 Å². The largest absolute Gasteiger partial charge is 0.493 e. The number of azo groups is 1. The number of benzene rings is 1. The summed E-state index contributed by atoms with van der Waals surface area (Å²) in [5.74, 6) is -0.544. The van der Waals surface area contributed by atoms with E-state index in [1.54, 1.807) is 19.9 Å². The van der Waals surface area contributed by atoms with Crippen LogP contribution in [0.2, 0.25) is 0 Å². The van der Waals surface area contributed by atoms with Crippen LogP contribution in [0.4, 0.5) is 17.3 Å². The van der Waals surface area contributed by atoms with Crippen LogP contribution in [0.3, 0.4) is 0 Å². The van der Waals surface area contributed by atoms with Gasteiger partial charge in [0.15, 0.2) is 5.69 Å². The number of rotatable bonds is 8. The highest BCUT2D eigenvalue weighted by Gasteiger charge is 2.19. The zero-order valence-corrected chi connectivity index (χ0v) is 20.0. The Kier molecular flexibility index (Phi) is 7.58. The van der Waals surface area contributed by atoms with E-state index in [1.165, 1.54) is 31.2 Å². The molecule has 0 radical (unpaired) electrons. The van der Waals surface area contributed by atoms with E-state index in [4.69, 9.17) is 5.11 Å². The van der Waals surface area contributed by atoms with Crippen molar-refractivity contribution in [3.05, 3.63) is 63.2 Å². The van der Waals surface area contributed by atoms with Gasteiger partial charge < -0.3 is 10.2 Å². The van der Waals surface area contributed by atoms with E-state index in [9.17, 15) is 23.6 Å². The van der Waals surface area contributed by atoms with Gasteiger partial charge in [-0.2, -0.15) is 10.4 Å². The molecule has 0 aliphatic heterocycles. The van der Waals surface area contributed by atoms with Crippen LogP contribution in [-0.2, 0) is 16.6 Å². The van der Waals surface area contributed by atoms with Crippen LogP contribution in [0.25, 0.3) is 0 Å². The molecule has 3 rings (SSSR count). The summed E-state index contributed by atoms with van der Waals surface area (Å²) >= 11 is 0. The smallest absolute Gasteiger partial charge is 0.281 e. The highest BCUT2D eigenvalue weighted by Crippen LogP contribution is 2.27. The first-order valence-corrected chi connectivity index (χ1v) is 11.9. The van der Waals surface area contributed by atoms with E-state index in [1.807, 2.05) is 6.07 Å². The Hall–Kier alpha value is -4.15. The van der Waals surface area contributed by atoms with Gasteiger partial charge in [0.1, 0.15) is 11.6 Å². The third-order valence-corrected chi connectivity index (χ3v) is 6.27. The lowest BCUT2D eigenvalue weighted by Gasteiger charge is -2.12. The molecule has 0 bridgehead atoms. The van der Waals surface area contributed by atoms with Crippen molar-refractivity contribution in [2.45, 2.75) is 38.6 Å². The molecule has 0 unspecified atom stereocenters. The van der Waals surface area contributed by atoms with Crippen LogP contribution in [0.5, 0.6) is 5.88 Å². The summed E-state index contributed by atoms with van der Waals surface area (Å²) in [6.07, 6.45) is 0.190. The summed E-state index contributed by atoms with van der Waals surface area (Å²) in [6.45, 7) is 4.69. The molecule has 12 nitrogen and oxygen atoms in total. The Morgan fingerprint density at radius 3 is 2.31 bits per heavy atom. The summed E-state index contributed by atoms with van der Waals surface area (Å²) < 4.78 is 28.6. The average molecular weight is 498 g/mol. The van der Waals surface area contributed by atoms with Gasteiger partial charge in [-0.25, -0.2) is 23.1 Å². The third-order valence-electron chi connectivity index (χ3n) is 4.93. The summed E-state index contributed by atoms with van der Waals surface area (Å²) in [4.78, 5) is 20.8. The maximum Gasteiger partial charge on any atom is 0.281 e. The van der Waals surface area contributed by atoms with Gasteiger partial charge in [0.25, 0.3) is 15.6 Å². The molecule has 0 saturated carbocycles. The zero-order chi connectivity index (χ0) is 25.8. The van der Waals surface area contributed by atoms with Crippen LogP contribution in [0, 0.1) is 32.1 Å². The van der Waals surface area contributed by atoms with Crippen molar-refractivity contribution < 1.29 is 18.6 Å². The van der Waals surface area contributed by atoms with Gasteiger partial charge in [-0.05, 0) is 57.5 Å². The van der Waals surface area contributed by atoms with Crippen molar-refractivity contribution in [2.75, 3.05) is 11.3 Å². The van der Waals surface area contributed by atoms with Crippen molar-refractivity contribution in [1.82, 2.24) is 14.5 Å². The van der Waals surface area contributed by atoms with E-state index < -0.39 is 21.5 Å². The first-order valence-electron chi connectivity index (χ1n) is 10.4. The number of hydrogen-bond acceptors (Lipinski definition) is 10. The molecular formula is C22H23N7O5S. The number of anilines is 1. The highest BCUT2D eigenvalue weighted by atomic mass is 32.2. The van der Waals surface area contributed by atoms with Crippen LogP contribution in [0.1, 0.15) is 28.9 Å². The summed E-state index contributed by atoms with van der Waals surface area (Å²) in [6, 6.07) is 8.96. The molecule has 1 aromatic carbocycles. The normalized spacial score (nSPS) is 11.5. The highest BCUT2D eigenvalue weighted by molar-refractivity contribution is 7.92. The van der Waals surface area contributed by atoms with E-state index in [0.717, 1.165) is 4.57 Å². The second-order valence-corrected chi connectivity index (χ2v) is 9.27. The molecule has 2 aromatic heterocycles. The predicted molar refractivity (Wildman–Crippen MR) is 126 cm³/mol. The maximum absolute atomic E-state index is 12.8. The van der Waals surface area contributed by atoms with E-state index in [2.05, 4.69) is 24.9 Å². The monoisotopic (exact) mass is 497 g/mol. The average Bonchev–Trinajstić information content (AvgIpc) is 2.78. The van der Waals surface area contributed by atoms with Crippen molar-refractivity contribution in [2.24, 2.45) is 10.2 Å². The quantitative estimate of drug-likeness (QED) is 0.397. The number of hydrogen-bond donors (Lipinski definition) is 3. The molecule has 0 aliphatic rings. The molecule has 182 valence electrons. The fourth-order valence-electron chi connectivity index (χ4n) is 3.24. The molecule has 0 aliphatic carbocycles. The van der Waals surface area contributed by atoms with Gasteiger partial charge in [0.05, 0.1) is 10.6 Å². The Morgan fingerprint density at radius 1 is 1.11 bits per heavy atom. The summed E-state index contributed by atoms with van der Waals surface area (Å²) in [5, 5.41) is 36.6. The minimum Gasteiger partial charge on any atom is -0.493 e. The van der Waals surface area contributed by atoms with Gasteiger partial charge in [-0.1, -0.05) is 0 Å². The number of sulfonamides is 1. The number of aryl methyl sites for hydroxylation is 2. The maximum atomic E-state index is 12.8. The first-order chi connectivity index (χ1) is 16.6. The summed E-state index contributed by atoms with van der Waals surface area (Å²) in [7, 11) is -3.96. The van der Waals surface area contributed by atoms with Gasteiger partial charge in [0, 0.05) is 30.1 Å². The second-order valence-electron chi connectivity index (χ2n) is 7.59. The molecule has 2 heterocycles. The van der Waals surface area contributed by atoms with E-state index in [-0.39, 0.29) is 52.9 Å². The molecule has 0 atom stereocenters. The number of nitriles is 1. The molecule has 0 spiro atoms. The van der Waals surface area contributed by atoms with Crippen LogP contribution in [-0.4, -0.2) is 39.8 Å². The summed E-state index contributed by atoms with van der Waals surface area (Å²) in [5.41, 5.74) is 0.680. The molecule has 35 heavy (non-hydrogen) atoms. The van der Waals surface area contributed by atoms with Gasteiger partial charge >= 0.3 is 0 Å².